The van der Waals surface area contributed by atoms with Crippen molar-refractivity contribution in [1.29, 1.82) is 0 Å². The van der Waals surface area contributed by atoms with E-state index in [9.17, 15) is 18.0 Å². The number of thiophene rings is 1. The Kier molecular flexibility index (Phi) is 4.38. The van der Waals surface area contributed by atoms with Crippen molar-refractivity contribution in [2.24, 2.45) is 0 Å². The van der Waals surface area contributed by atoms with Crippen molar-refractivity contribution in [3.05, 3.63) is 16.3 Å². The van der Waals surface area contributed by atoms with E-state index in [2.05, 4.69) is 5.32 Å². The molecule has 0 unspecified atom stereocenters. The zero-order valence-corrected chi connectivity index (χ0v) is 13.2. The van der Waals surface area contributed by atoms with E-state index in [0.717, 1.165) is 30.4 Å². The van der Waals surface area contributed by atoms with E-state index >= 15 is 0 Å². The van der Waals surface area contributed by atoms with E-state index in [1.165, 1.54) is 11.4 Å². The summed E-state index contributed by atoms with van der Waals surface area (Å²) in [5.74, 6) is -1.35. The molecule has 6 nitrogen and oxygen atoms in total. The number of carboxylic acids is 1. The first-order valence-electron chi connectivity index (χ1n) is 6.55. The van der Waals surface area contributed by atoms with E-state index in [-0.39, 0.29) is 16.2 Å². The lowest BCUT2D eigenvalue weighted by molar-refractivity contribution is -0.138. The van der Waals surface area contributed by atoms with Crippen molar-refractivity contribution >= 4 is 33.1 Å². The van der Waals surface area contributed by atoms with Gasteiger partial charge in [-0.15, -0.1) is 11.3 Å². The largest absolute Gasteiger partial charge is 0.481 e. The van der Waals surface area contributed by atoms with E-state index in [1.807, 2.05) is 0 Å². The Balaban J connectivity index is 2.16. The van der Waals surface area contributed by atoms with Gasteiger partial charge in [-0.3, -0.25) is 9.59 Å². The predicted octanol–water partition coefficient (Wildman–Crippen LogP) is 1.67. The minimum Gasteiger partial charge on any atom is -0.481 e. The van der Waals surface area contributed by atoms with Gasteiger partial charge in [0.1, 0.15) is 0 Å². The minimum absolute atomic E-state index is 0.108. The first-order valence-corrected chi connectivity index (χ1v) is 9.32. The van der Waals surface area contributed by atoms with Crippen LogP contribution in [-0.4, -0.2) is 37.2 Å². The van der Waals surface area contributed by atoms with Crippen LogP contribution in [0.25, 0.3) is 0 Å². The van der Waals surface area contributed by atoms with Gasteiger partial charge in [-0.25, -0.2) is 8.42 Å². The standard InChI is InChI=1S/C13H17NO5S2/c1-21(18,19)9-6-10(20-8-9)12(17)14-13(7-11(15)16)4-2-3-5-13/h6,8H,2-5,7H2,1H3,(H,14,17)(H,15,16). The Hall–Kier alpha value is -1.41. The monoisotopic (exact) mass is 331 g/mol. The smallest absolute Gasteiger partial charge is 0.305 e. The van der Waals surface area contributed by atoms with Crippen LogP contribution in [0, 0.1) is 0 Å². The number of carbonyl (C=O) groups excluding carboxylic acids is 1. The predicted molar refractivity (Wildman–Crippen MR) is 78.3 cm³/mol. The van der Waals surface area contributed by atoms with Gasteiger partial charge in [-0.1, -0.05) is 12.8 Å². The molecule has 21 heavy (non-hydrogen) atoms. The number of sulfone groups is 1. The van der Waals surface area contributed by atoms with Crippen LogP contribution < -0.4 is 5.32 Å². The molecule has 2 N–H and O–H groups in total. The van der Waals surface area contributed by atoms with Crippen molar-refractivity contribution in [3.8, 4) is 0 Å². The Labute approximate surface area is 127 Å². The summed E-state index contributed by atoms with van der Waals surface area (Å²) < 4.78 is 22.8. The number of rotatable bonds is 5. The highest BCUT2D eigenvalue weighted by atomic mass is 32.2. The zero-order valence-electron chi connectivity index (χ0n) is 11.6. The van der Waals surface area contributed by atoms with Crippen molar-refractivity contribution in [2.75, 3.05) is 6.26 Å². The van der Waals surface area contributed by atoms with Crippen LogP contribution in [0.4, 0.5) is 0 Å². The summed E-state index contributed by atoms with van der Waals surface area (Å²) in [5, 5.41) is 13.2. The zero-order chi connectivity index (χ0) is 15.7. The van der Waals surface area contributed by atoms with E-state index in [4.69, 9.17) is 5.11 Å². The molecule has 1 fully saturated rings. The number of hydrogen-bond acceptors (Lipinski definition) is 5. The highest BCUT2D eigenvalue weighted by Gasteiger charge is 2.37. The molecule has 0 atom stereocenters. The molecule has 0 aromatic carbocycles. The summed E-state index contributed by atoms with van der Waals surface area (Å²) in [6, 6.07) is 1.33. The normalized spacial score (nSPS) is 17.6. The first kappa shape index (κ1) is 16.0. The van der Waals surface area contributed by atoms with Crippen molar-refractivity contribution in [3.63, 3.8) is 0 Å². The Morgan fingerprint density at radius 3 is 2.48 bits per heavy atom. The van der Waals surface area contributed by atoms with Crippen LogP contribution in [0.2, 0.25) is 0 Å². The maximum atomic E-state index is 12.2. The Morgan fingerprint density at radius 2 is 2.00 bits per heavy atom. The van der Waals surface area contributed by atoms with Crippen LogP contribution in [-0.2, 0) is 14.6 Å². The van der Waals surface area contributed by atoms with Crippen LogP contribution in [0.3, 0.4) is 0 Å². The number of hydrogen-bond donors (Lipinski definition) is 2. The molecular formula is C13H17NO5S2. The maximum absolute atomic E-state index is 12.2. The lowest BCUT2D eigenvalue weighted by atomic mass is 9.93. The molecule has 8 heteroatoms. The molecule has 2 rings (SSSR count). The van der Waals surface area contributed by atoms with Crippen molar-refractivity contribution < 1.29 is 23.1 Å². The van der Waals surface area contributed by atoms with Gasteiger partial charge in [-0.2, -0.15) is 0 Å². The van der Waals surface area contributed by atoms with Gasteiger partial charge in [0.15, 0.2) is 9.84 Å². The molecular weight excluding hydrogens is 314 g/mol. The molecule has 0 saturated heterocycles. The van der Waals surface area contributed by atoms with Crippen LogP contribution in [0.15, 0.2) is 16.3 Å². The van der Waals surface area contributed by atoms with Crippen molar-refractivity contribution in [1.82, 2.24) is 5.32 Å². The molecule has 0 bridgehead atoms. The molecule has 1 saturated carbocycles. The van der Waals surface area contributed by atoms with E-state index < -0.39 is 27.3 Å². The van der Waals surface area contributed by atoms with Crippen LogP contribution in [0.5, 0.6) is 0 Å². The SMILES string of the molecule is CS(=O)(=O)c1csc(C(=O)NC2(CC(=O)O)CCCC2)c1. The summed E-state index contributed by atoms with van der Waals surface area (Å²) in [6.45, 7) is 0. The maximum Gasteiger partial charge on any atom is 0.305 e. The molecule has 116 valence electrons. The topological polar surface area (TPSA) is 101 Å². The second-order valence-electron chi connectivity index (χ2n) is 5.43. The van der Waals surface area contributed by atoms with Crippen LogP contribution >= 0.6 is 11.3 Å². The Bertz CT molecular complexity index is 656. The third-order valence-corrected chi connectivity index (χ3v) is 5.83. The van der Waals surface area contributed by atoms with E-state index in [0.29, 0.717) is 12.8 Å². The molecule has 1 heterocycles. The second kappa shape index (κ2) is 5.76. The highest BCUT2D eigenvalue weighted by Crippen LogP contribution is 2.33. The summed E-state index contributed by atoms with van der Waals surface area (Å²) in [5.41, 5.74) is -0.710. The molecule has 0 aliphatic heterocycles. The van der Waals surface area contributed by atoms with Gasteiger partial charge in [0.25, 0.3) is 5.91 Å². The van der Waals surface area contributed by atoms with E-state index in [1.54, 1.807) is 0 Å². The fourth-order valence-electron chi connectivity index (χ4n) is 2.62. The molecule has 1 aromatic rings. The number of amides is 1. The lowest BCUT2D eigenvalue weighted by Gasteiger charge is -2.28. The third-order valence-electron chi connectivity index (χ3n) is 3.66. The van der Waals surface area contributed by atoms with Gasteiger partial charge < -0.3 is 10.4 Å². The quantitative estimate of drug-likeness (QED) is 0.855. The average Bonchev–Trinajstić information content (AvgIpc) is 2.95. The highest BCUT2D eigenvalue weighted by molar-refractivity contribution is 7.90. The molecule has 1 aliphatic rings. The summed E-state index contributed by atoms with van der Waals surface area (Å²) in [4.78, 5) is 23.6. The molecule has 1 aromatic heterocycles. The van der Waals surface area contributed by atoms with Crippen molar-refractivity contribution in [2.45, 2.75) is 42.5 Å². The van der Waals surface area contributed by atoms with Gasteiger partial charge in [-0.05, 0) is 18.9 Å². The molecule has 0 spiro atoms. The van der Waals surface area contributed by atoms with Gasteiger partial charge in [0.05, 0.1) is 21.7 Å². The minimum atomic E-state index is -3.34. The number of carbonyl (C=O) groups is 2. The fourth-order valence-corrected chi connectivity index (χ4v) is 4.54. The number of carboxylic acid groups (broad SMARTS) is 1. The third kappa shape index (κ3) is 3.82. The summed E-state index contributed by atoms with van der Waals surface area (Å²) in [7, 11) is -3.34. The van der Waals surface area contributed by atoms with Gasteiger partial charge in [0.2, 0.25) is 0 Å². The first-order chi connectivity index (χ1) is 9.72. The summed E-state index contributed by atoms with van der Waals surface area (Å²) >= 11 is 1.05. The number of aliphatic carboxylic acids is 1. The Morgan fingerprint density at radius 1 is 1.38 bits per heavy atom. The van der Waals surface area contributed by atoms with Gasteiger partial charge >= 0.3 is 5.97 Å². The lowest BCUT2D eigenvalue weighted by Crippen LogP contribution is -2.47. The van der Waals surface area contributed by atoms with Gasteiger partial charge in [0, 0.05) is 11.6 Å². The molecule has 0 radical (unpaired) electrons. The molecule has 1 aliphatic carbocycles. The fraction of sp³-hybridized carbons (Fsp3) is 0.538. The molecule has 1 amide bonds. The average molecular weight is 331 g/mol. The summed E-state index contributed by atoms with van der Waals surface area (Å²) in [6.07, 6.45) is 4.01. The second-order valence-corrected chi connectivity index (χ2v) is 8.36. The van der Waals surface area contributed by atoms with Crippen LogP contribution in [0.1, 0.15) is 41.8 Å². The number of nitrogens with one attached hydrogen (secondary N) is 1.